The minimum Gasteiger partial charge on any atom is -0.351 e. The van der Waals surface area contributed by atoms with Crippen LogP contribution in [0.3, 0.4) is 0 Å². The second-order valence-corrected chi connectivity index (χ2v) is 6.89. The average molecular weight is 358 g/mol. The molecule has 6 heteroatoms. The molecule has 0 fully saturated rings. The Balaban J connectivity index is 2.68. The first-order valence-electron chi connectivity index (χ1n) is 7.08. The standard InChI is InChI=1S/C15H24BrN3O2/c1-11(2)7-13(9-18(3)4)17-14(20)10-19-8-12(16)5-6-15(19)21/h5-6,8,11,13H,7,9-10H2,1-4H3,(H,17,20)/t13-/m1/s1. The Morgan fingerprint density at radius 1 is 1.38 bits per heavy atom. The molecule has 0 bridgehead atoms. The summed E-state index contributed by atoms with van der Waals surface area (Å²) in [5.41, 5.74) is -0.179. The molecule has 0 unspecified atom stereocenters. The number of aromatic nitrogens is 1. The smallest absolute Gasteiger partial charge is 0.251 e. The van der Waals surface area contributed by atoms with E-state index in [4.69, 9.17) is 0 Å². The number of carbonyl (C=O) groups excluding carboxylic acids is 1. The van der Waals surface area contributed by atoms with E-state index in [1.165, 1.54) is 10.6 Å². The van der Waals surface area contributed by atoms with Crippen LogP contribution in [0.25, 0.3) is 0 Å². The molecule has 1 aromatic rings. The molecule has 0 aromatic carbocycles. The summed E-state index contributed by atoms with van der Waals surface area (Å²) >= 11 is 3.30. The molecule has 1 N–H and O–H groups in total. The Labute approximate surface area is 134 Å². The molecule has 0 saturated heterocycles. The normalized spacial score (nSPS) is 12.7. The Hall–Kier alpha value is -1.14. The highest BCUT2D eigenvalue weighted by molar-refractivity contribution is 9.10. The molecule has 0 saturated carbocycles. The van der Waals surface area contributed by atoms with Crippen LogP contribution in [0.15, 0.2) is 27.6 Å². The van der Waals surface area contributed by atoms with Crippen molar-refractivity contribution in [3.63, 3.8) is 0 Å². The molecule has 0 aliphatic rings. The van der Waals surface area contributed by atoms with Gasteiger partial charge in [-0.2, -0.15) is 0 Å². The van der Waals surface area contributed by atoms with Crippen molar-refractivity contribution in [1.29, 1.82) is 0 Å². The molecule has 1 rings (SSSR count). The van der Waals surface area contributed by atoms with Gasteiger partial charge in [-0.25, -0.2) is 0 Å². The Bertz CT molecular complexity index is 516. The third-order valence-corrected chi connectivity index (χ3v) is 3.44. The van der Waals surface area contributed by atoms with Gasteiger partial charge in [-0.3, -0.25) is 9.59 Å². The summed E-state index contributed by atoms with van der Waals surface area (Å²) in [5.74, 6) is 0.367. The lowest BCUT2D eigenvalue weighted by Gasteiger charge is -2.24. The van der Waals surface area contributed by atoms with Gasteiger partial charge in [0.25, 0.3) is 5.56 Å². The minimum atomic E-state index is -0.179. The molecular weight excluding hydrogens is 334 g/mol. The van der Waals surface area contributed by atoms with Crippen LogP contribution in [0.1, 0.15) is 20.3 Å². The van der Waals surface area contributed by atoms with Crippen molar-refractivity contribution in [1.82, 2.24) is 14.8 Å². The van der Waals surface area contributed by atoms with Gasteiger partial charge in [0.1, 0.15) is 6.54 Å². The molecule has 1 aromatic heterocycles. The predicted molar refractivity (Wildman–Crippen MR) is 88.3 cm³/mol. The maximum absolute atomic E-state index is 12.1. The zero-order valence-electron chi connectivity index (χ0n) is 13.1. The van der Waals surface area contributed by atoms with Crippen molar-refractivity contribution >= 4 is 21.8 Å². The van der Waals surface area contributed by atoms with Crippen LogP contribution in [-0.2, 0) is 11.3 Å². The maximum Gasteiger partial charge on any atom is 0.251 e. The fourth-order valence-corrected chi connectivity index (χ4v) is 2.62. The summed E-state index contributed by atoms with van der Waals surface area (Å²) < 4.78 is 2.18. The Morgan fingerprint density at radius 3 is 2.62 bits per heavy atom. The van der Waals surface area contributed by atoms with E-state index >= 15 is 0 Å². The van der Waals surface area contributed by atoms with Gasteiger partial charge in [-0.1, -0.05) is 13.8 Å². The number of hydrogen-bond acceptors (Lipinski definition) is 3. The first-order chi connectivity index (χ1) is 9.77. The van der Waals surface area contributed by atoms with Crippen LogP contribution < -0.4 is 10.9 Å². The number of nitrogens with zero attached hydrogens (tertiary/aromatic N) is 2. The van der Waals surface area contributed by atoms with Gasteiger partial charge in [0.05, 0.1) is 0 Å². The highest BCUT2D eigenvalue weighted by Crippen LogP contribution is 2.07. The fraction of sp³-hybridized carbons (Fsp3) is 0.600. The average Bonchev–Trinajstić information content (AvgIpc) is 2.31. The van der Waals surface area contributed by atoms with Crippen molar-refractivity contribution in [2.45, 2.75) is 32.9 Å². The first-order valence-corrected chi connectivity index (χ1v) is 7.87. The van der Waals surface area contributed by atoms with Gasteiger partial charge in [-0.15, -0.1) is 0 Å². The summed E-state index contributed by atoms with van der Waals surface area (Å²) in [5, 5.41) is 3.02. The minimum absolute atomic E-state index is 0.0420. The molecule has 21 heavy (non-hydrogen) atoms. The van der Waals surface area contributed by atoms with Gasteiger partial charge >= 0.3 is 0 Å². The van der Waals surface area contributed by atoms with E-state index in [-0.39, 0.29) is 24.1 Å². The van der Waals surface area contributed by atoms with E-state index in [9.17, 15) is 9.59 Å². The van der Waals surface area contributed by atoms with Crippen molar-refractivity contribution in [3.8, 4) is 0 Å². The van der Waals surface area contributed by atoms with Gasteiger partial charge in [0, 0.05) is 29.3 Å². The molecule has 0 aliphatic heterocycles. The van der Waals surface area contributed by atoms with Crippen molar-refractivity contribution in [2.75, 3.05) is 20.6 Å². The largest absolute Gasteiger partial charge is 0.351 e. The SMILES string of the molecule is CC(C)C[C@H](CN(C)C)NC(=O)Cn1cc(Br)ccc1=O. The molecule has 118 valence electrons. The van der Waals surface area contributed by atoms with E-state index in [0.717, 1.165) is 17.4 Å². The number of pyridine rings is 1. The third kappa shape index (κ3) is 6.91. The number of amides is 1. The second-order valence-electron chi connectivity index (χ2n) is 5.97. The molecule has 1 amide bonds. The summed E-state index contributed by atoms with van der Waals surface area (Å²) in [6.45, 7) is 5.10. The number of carbonyl (C=O) groups is 1. The lowest BCUT2D eigenvalue weighted by molar-refractivity contribution is -0.122. The van der Waals surface area contributed by atoms with Crippen LogP contribution in [-0.4, -0.2) is 42.1 Å². The van der Waals surface area contributed by atoms with E-state index < -0.39 is 0 Å². The number of hydrogen-bond donors (Lipinski definition) is 1. The Morgan fingerprint density at radius 2 is 2.05 bits per heavy atom. The number of nitrogens with one attached hydrogen (secondary N) is 1. The summed E-state index contributed by atoms with van der Waals surface area (Å²) in [4.78, 5) is 25.9. The molecule has 0 radical (unpaired) electrons. The zero-order chi connectivity index (χ0) is 16.0. The van der Waals surface area contributed by atoms with E-state index in [1.54, 1.807) is 12.3 Å². The van der Waals surface area contributed by atoms with E-state index in [1.807, 2.05) is 14.1 Å². The van der Waals surface area contributed by atoms with Crippen molar-refractivity contribution in [3.05, 3.63) is 33.2 Å². The lowest BCUT2D eigenvalue weighted by Crippen LogP contribution is -2.44. The topological polar surface area (TPSA) is 54.3 Å². The first kappa shape index (κ1) is 17.9. The van der Waals surface area contributed by atoms with E-state index in [0.29, 0.717) is 5.92 Å². The highest BCUT2D eigenvalue weighted by Gasteiger charge is 2.15. The summed E-state index contributed by atoms with van der Waals surface area (Å²) in [6, 6.07) is 3.21. The quantitative estimate of drug-likeness (QED) is 0.807. The van der Waals surface area contributed by atoms with Crippen LogP contribution >= 0.6 is 15.9 Å². The van der Waals surface area contributed by atoms with Gasteiger partial charge < -0.3 is 14.8 Å². The molecule has 0 aliphatic carbocycles. The van der Waals surface area contributed by atoms with Crippen LogP contribution in [0.2, 0.25) is 0 Å². The fourth-order valence-electron chi connectivity index (χ4n) is 2.24. The van der Waals surface area contributed by atoms with Crippen LogP contribution in [0.4, 0.5) is 0 Å². The maximum atomic E-state index is 12.1. The zero-order valence-corrected chi connectivity index (χ0v) is 14.7. The molecule has 1 atom stereocenters. The number of rotatable bonds is 7. The number of halogens is 1. The predicted octanol–water partition coefficient (Wildman–Crippen LogP) is 1.70. The van der Waals surface area contributed by atoms with Gasteiger partial charge in [0.15, 0.2) is 0 Å². The lowest BCUT2D eigenvalue weighted by atomic mass is 10.0. The second kappa shape index (κ2) is 8.34. The van der Waals surface area contributed by atoms with E-state index in [2.05, 4.69) is 40.0 Å². The van der Waals surface area contributed by atoms with Gasteiger partial charge in [-0.05, 0) is 48.4 Å². The Kier molecular flexibility index (Phi) is 7.11. The third-order valence-electron chi connectivity index (χ3n) is 2.97. The molecule has 1 heterocycles. The molecular formula is C15H24BrN3O2. The van der Waals surface area contributed by atoms with Crippen LogP contribution in [0.5, 0.6) is 0 Å². The molecule has 5 nitrogen and oxygen atoms in total. The summed E-state index contributed by atoms with van der Waals surface area (Å²) in [7, 11) is 3.97. The number of likely N-dealkylation sites (N-methyl/N-ethyl adjacent to an activating group) is 1. The summed E-state index contributed by atoms with van der Waals surface area (Å²) in [6.07, 6.45) is 2.54. The monoisotopic (exact) mass is 357 g/mol. The van der Waals surface area contributed by atoms with Crippen molar-refractivity contribution < 1.29 is 4.79 Å². The highest BCUT2D eigenvalue weighted by atomic mass is 79.9. The molecule has 0 spiro atoms. The van der Waals surface area contributed by atoms with Crippen LogP contribution in [0, 0.1) is 5.92 Å². The van der Waals surface area contributed by atoms with Crippen molar-refractivity contribution in [2.24, 2.45) is 5.92 Å². The van der Waals surface area contributed by atoms with Gasteiger partial charge in [0.2, 0.25) is 5.91 Å².